The van der Waals surface area contributed by atoms with Crippen LogP contribution in [0.3, 0.4) is 0 Å². The molecular weight excluding hydrogens is 360 g/mol. The number of benzene rings is 1. The summed E-state index contributed by atoms with van der Waals surface area (Å²) in [6.45, 7) is 4.33. The van der Waals surface area contributed by atoms with Gasteiger partial charge in [0.1, 0.15) is 10.5 Å². The Bertz CT molecular complexity index is 938. The van der Waals surface area contributed by atoms with Crippen LogP contribution in [-0.2, 0) is 6.42 Å². The lowest BCUT2D eigenvalue weighted by molar-refractivity contribution is 0.726. The molecule has 1 aliphatic rings. The fourth-order valence-corrected chi connectivity index (χ4v) is 4.96. The maximum atomic E-state index is 5.73. The highest BCUT2D eigenvalue weighted by molar-refractivity contribution is 7.73. The van der Waals surface area contributed by atoms with Gasteiger partial charge in [0.2, 0.25) is 0 Å². The summed E-state index contributed by atoms with van der Waals surface area (Å²) in [4.78, 5) is 12.3. The van der Waals surface area contributed by atoms with Crippen molar-refractivity contribution in [1.82, 2.24) is 14.5 Å². The normalized spacial score (nSPS) is 15.3. The van der Waals surface area contributed by atoms with Crippen LogP contribution in [0, 0.1) is 3.95 Å². The van der Waals surface area contributed by atoms with E-state index < -0.39 is 0 Å². The van der Waals surface area contributed by atoms with E-state index in [1.807, 2.05) is 18.2 Å². The molecule has 0 spiro atoms. The maximum Gasteiger partial charge on any atom is 0.168 e. The summed E-state index contributed by atoms with van der Waals surface area (Å²) < 4.78 is 4.07. The second kappa shape index (κ2) is 7.84. The quantitative estimate of drug-likeness (QED) is 0.553. The molecule has 1 fully saturated rings. The summed E-state index contributed by atoms with van der Waals surface area (Å²) in [7, 11) is 0. The predicted molar refractivity (Wildman–Crippen MR) is 112 cm³/mol. The standard InChI is InChI=1S/C20H24N4S2/c1-2-10-16-21-18(23-13-8-3-4-9-14-23)17-19(22-16)24(20(25)26-17)15-11-6-5-7-12-15/h5-7,11-12H,2-4,8-10,13-14H2,1H3. The van der Waals surface area contributed by atoms with Crippen LogP contribution in [-0.4, -0.2) is 27.6 Å². The number of hydrogen-bond donors (Lipinski definition) is 0. The summed E-state index contributed by atoms with van der Waals surface area (Å²) in [5, 5.41) is 0. The average molecular weight is 385 g/mol. The fraction of sp³-hybridized carbons (Fsp3) is 0.450. The van der Waals surface area contributed by atoms with Crippen LogP contribution in [0.25, 0.3) is 16.0 Å². The van der Waals surface area contributed by atoms with Crippen molar-refractivity contribution in [1.29, 1.82) is 0 Å². The third-order valence-electron chi connectivity index (χ3n) is 4.85. The molecule has 0 radical (unpaired) electrons. The van der Waals surface area contributed by atoms with Crippen molar-refractivity contribution in [3.05, 3.63) is 40.1 Å². The molecule has 1 saturated heterocycles. The highest BCUT2D eigenvalue weighted by Gasteiger charge is 2.20. The van der Waals surface area contributed by atoms with Gasteiger partial charge in [-0.2, -0.15) is 0 Å². The number of para-hydroxylation sites is 1. The van der Waals surface area contributed by atoms with Gasteiger partial charge in [0.25, 0.3) is 0 Å². The lowest BCUT2D eigenvalue weighted by Crippen LogP contribution is -2.25. The SMILES string of the molecule is CCCc1nc(N2CCCCCC2)c2sc(=S)n(-c3ccccc3)c2n1. The smallest absolute Gasteiger partial charge is 0.168 e. The number of aryl methyl sites for hydroxylation is 1. The van der Waals surface area contributed by atoms with Gasteiger partial charge in [-0.1, -0.05) is 49.3 Å². The van der Waals surface area contributed by atoms with Crippen LogP contribution in [0.4, 0.5) is 5.82 Å². The maximum absolute atomic E-state index is 5.73. The van der Waals surface area contributed by atoms with Gasteiger partial charge in [-0.3, -0.25) is 4.57 Å². The summed E-state index contributed by atoms with van der Waals surface area (Å²) in [6, 6.07) is 10.3. The van der Waals surface area contributed by atoms with E-state index in [0.717, 1.165) is 57.6 Å². The molecule has 0 bridgehead atoms. The van der Waals surface area contributed by atoms with Crippen molar-refractivity contribution in [2.24, 2.45) is 0 Å². The van der Waals surface area contributed by atoms with Crippen molar-refractivity contribution < 1.29 is 0 Å². The van der Waals surface area contributed by atoms with Gasteiger partial charge in [0.05, 0.1) is 0 Å². The Morgan fingerprint density at radius 3 is 2.46 bits per heavy atom. The van der Waals surface area contributed by atoms with Gasteiger partial charge < -0.3 is 4.90 Å². The van der Waals surface area contributed by atoms with Crippen molar-refractivity contribution in [3.8, 4) is 5.69 Å². The summed E-state index contributed by atoms with van der Waals surface area (Å²) in [6.07, 6.45) is 7.04. The first-order chi connectivity index (χ1) is 12.8. The Morgan fingerprint density at radius 1 is 1.04 bits per heavy atom. The highest BCUT2D eigenvalue weighted by Crippen LogP contribution is 2.33. The third kappa shape index (κ3) is 3.40. The van der Waals surface area contributed by atoms with E-state index in [2.05, 4.69) is 28.5 Å². The molecule has 3 aromatic rings. The first-order valence-corrected chi connectivity index (χ1v) is 10.7. The molecule has 6 heteroatoms. The third-order valence-corrected chi connectivity index (χ3v) is 6.21. The second-order valence-corrected chi connectivity index (χ2v) is 8.45. The number of anilines is 1. The molecule has 0 amide bonds. The topological polar surface area (TPSA) is 34.0 Å². The van der Waals surface area contributed by atoms with E-state index >= 15 is 0 Å². The molecular formula is C20H24N4S2. The molecule has 0 unspecified atom stereocenters. The number of rotatable bonds is 4. The number of nitrogens with zero attached hydrogens (tertiary/aromatic N) is 4. The van der Waals surface area contributed by atoms with Crippen molar-refractivity contribution in [2.45, 2.75) is 45.4 Å². The Labute approximate surface area is 163 Å². The Balaban J connectivity index is 1.92. The molecule has 2 aromatic heterocycles. The van der Waals surface area contributed by atoms with Gasteiger partial charge >= 0.3 is 0 Å². The first kappa shape index (κ1) is 17.6. The Morgan fingerprint density at radius 2 is 1.77 bits per heavy atom. The molecule has 1 aromatic carbocycles. The minimum atomic E-state index is 0.838. The van der Waals surface area contributed by atoms with Crippen LogP contribution in [0.2, 0.25) is 0 Å². The van der Waals surface area contributed by atoms with Gasteiger partial charge in [0, 0.05) is 25.2 Å². The minimum Gasteiger partial charge on any atom is -0.355 e. The van der Waals surface area contributed by atoms with E-state index in [9.17, 15) is 0 Å². The van der Waals surface area contributed by atoms with Gasteiger partial charge in [0.15, 0.2) is 15.4 Å². The molecule has 0 saturated carbocycles. The molecule has 3 heterocycles. The van der Waals surface area contributed by atoms with Gasteiger partial charge in [-0.25, -0.2) is 9.97 Å². The molecule has 0 aliphatic carbocycles. The van der Waals surface area contributed by atoms with Gasteiger partial charge in [-0.05, 0) is 43.6 Å². The lowest BCUT2D eigenvalue weighted by Gasteiger charge is -2.22. The van der Waals surface area contributed by atoms with Crippen LogP contribution >= 0.6 is 23.6 Å². The Kier molecular flexibility index (Phi) is 5.31. The van der Waals surface area contributed by atoms with Crippen molar-refractivity contribution in [2.75, 3.05) is 18.0 Å². The average Bonchev–Trinajstić information content (AvgIpc) is 2.83. The van der Waals surface area contributed by atoms with Crippen molar-refractivity contribution >= 4 is 39.7 Å². The molecule has 4 nitrogen and oxygen atoms in total. The lowest BCUT2D eigenvalue weighted by atomic mass is 10.2. The molecule has 0 atom stereocenters. The van der Waals surface area contributed by atoms with E-state index in [1.54, 1.807) is 11.3 Å². The molecule has 26 heavy (non-hydrogen) atoms. The Hall–Kier alpha value is -1.79. The summed E-state index contributed by atoms with van der Waals surface area (Å²) in [5.41, 5.74) is 2.04. The number of aromatic nitrogens is 3. The van der Waals surface area contributed by atoms with E-state index in [-0.39, 0.29) is 0 Å². The van der Waals surface area contributed by atoms with Crippen LogP contribution < -0.4 is 4.90 Å². The second-order valence-electron chi connectivity index (χ2n) is 6.81. The highest BCUT2D eigenvalue weighted by atomic mass is 32.1. The predicted octanol–water partition coefficient (Wildman–Crippen LogP) is 5.54. The van der Waals surface area contributed by atoms with Crippen molar-refractivity contribution in [3.63, 3.8) is 0 Å². The zero-order chi connectivity index (χ0) is 17.9. The van der Waals surface area contributed by atoms with Gasteiger partial charge in [-0.15, -0.1) is 0 Å². The van der Waals surface area contributed by atoms with E-state index in [0.29, 0.717) is 0 Å². The number of hydrogen-bond acceptors (Lipinski definition) is 5. The minimum absolute atomic E-state index is 0.838. The number of fused-ring (bicyclic) bond motifs is 1. The number of thiazole rings is 1. The molecule has 136 valence electrons. The first-order valence-electron chi connectivity index (χ1n) is 9.51. The van der Waals surface area contributed by atoms with E-state index in [4.69, 9.17) is 22.2 Å². The van der Waals surface area contributed by atoms with Crippen LogP contribution in [0.5, 0.6) is 0 Å². The van der Waals surface area contributed by atoms with Crippen LogP contribution in [0.1, 0.15) is 44.9 Å². The molecule has 1 aliphatic heterocycles. The monoisotopic (exact) mass is 384 g/mol. The zero-order valence-corrected chi connectivity index (χ0v) is 16.8. The zero-order valence-electron chi connectivity index (χ0n) is 15.1. The summed E-state index contributed by atoms with van der Waals surface area (Å²) in [5.74, 6) is 2.02. The fourth-order valence-electron chi connectivity index (χ4n) is 3.57. The summed E-state index contributed by atoms with van der Waals surface area (Å²) >= 11 is 7.36. The van der Waals surface area contributed by atoms with Crippen LogP contribution in [0.15, 0.2) is 30.3 Å². The molecule has 4 rings (SSSR count). The van der Waals surface area contributed by atoms with E-state index in [1.165, 1.54) is 25.7 Å². The largest absolute Gasteiger partial charge is 0.355 e. The molecule has 0 N–H and O–H groups in total.